The molecule has 0 unspecified atom stereocenters. The van der Waals surface area contributed by atoms with Gasteiger partial charge in [-0.05, 0) is 35.8 Å². The lowest BCUT2D eigenvalue weighted by atomic mass is 9.85. The van der Waals surface area contributed by atoms with Gasteiger partial charge in [-0.2, -0.15) is 8.78 Å². The van der Waals surface area contributed by atoms with Gasteiger partial charge in [-0.25, -0.2) is 4.39 Å². The summed E-state index contributed by atoms with van der Waals surface area (Å²) in [6.45, 7) is 2.56. The normalized spacial score (nSPS) is 21.2. The van der Waals surface area contributed by atoms with Gasteiger partial charge in [0.25, 0.3) is 0 Å². The van der Waals surface area contributed by atoms with Gasteiger partial charge in [-0.15, -0.1) is 0 Å². The Morgan fingerprint density at radius 1 is 1.25 bits per heavy atom. The van der Waals surface area contributed by atoms with E-state index >= 15 is 0 Å². The first-order valence-corrected chi connectivity index (χ1v) is 5.49. The summed E-state index contributed by atoms with van der Waals surface area (Å²) in [6.07, 6.45) is 0. The molecule has 1 aliphatic rings. The summed E-state index contributed by atoms with van der Waals surface area (Å²) < 4.78 is 41.9. The Bertz CT molecular complexity index is 480. The van der Waals surface area contributed by atoms with Crippen molar-refractivity contribution in [2.45, 2.75) is 25.3 Å². The molecule has 0 saturated heterocycles. The summed E-state index contributed by atoms with van der Waals surface area (Å²) in [5.74, 6) is -4.22. The summed E-state index contributed by atoms with van der Waals surface area (Å²) in [4.78, 5) is 3.87. The zero-order valence-corrected chi connectivity index (χ0v) is 10.3. The maximum absolute atomic E-state index is 14.0. The largest absolute Gasteiger partial charge is 0.300 e. The number of rotatable bonds is 0. The summed E-state index contributed by atoms with van der Waals surface area (Å²) in [6, 6.07) is 3.85. The van der Waals surface area contributed by atoms with E-state index < -0.39 is 22.8 Å². The molecule has 86 valence electrons. The van der Waals surface area contributed by atoms with E-state index in [-0.39, 0.29) is 10.2 Å². The van der Waals surface area contributed by atoms with Gasteiger partial charge in [0.15, 0.2) is 0 Å². The molecule has 2 rings (SSSR count). The van der Waals surface area contributed by atoms with Crippen molar-refractivity contribution in [3.8, 4) is 0 Å². The number of halogens is 4. The van der Waals surface area contributed by atoms with Gasteiger partial charge in [0, 0.05) is 5.56 Å². The minimum Gasteiger partial charge on any atom is -0.264 e. The Labute approximate surface area is 99.5 Å². The fraction of sp³-hybridized carbons (Fsp3) is 0.364. The summed E-state index contributed by atoms with van der Waals surface area (Å²) in [5, 5.41) is 0. The number of nitrogens with zero attached hydrogens (tertiary/aromatic N) is 1. The molecule has 0 saturated carbocycles. The highest BCUT2D eigenvalue weighted by Crippen LogP contribution is 2.47. The zero-order valence-electron chi connectivity index (χ0n) is 8.69. The number of alkyl halides is 2. The molecule has 0 spiro atoms. The van der Waals surface area contributed by atoms with Gasteiger partial charge in [-0.1, -0.05) is 12.1 Å². The van der Waals surface area contributed by atoms with Crippen LogP contribution in [0.1, 0.15) is 25.0 Å². The van der Waals surface area contributed by atoms with Crippen LogP contribution in [0.3, 0.4) is 0 Å². The van der Waals surface area contributed by atoms with Gasteiger partial charge in [0.2, 0.25) is 0 Å². The lowest BCUT2D eigenvalue weighted by Crippen LogP contribution is -2.43. The molecule has 1 aromatic carbocycles. The average molecular weight is 292 g/mol. The number of aliphatic imine (C=N–C) groups is 1. The molecule has 0 aromatic heterocycles. The van der Waals surface area contributed by atoms with Crippen molar-refractivity contribution in [1.82, 2.24) is 0 Å². The molecule has 0 fully saturated rings. The van der Waals surface area contributed by atoms with E-state index in [1.54, 1.807) is 0 Å². The Hall–Kier alpha value is -0.840. The standard InChI is InChI=1S/C11H9BrF3N/c1-10(2)11(14,15)8-6(9(12)16-10)4-3-5-7(8)13/h3-5H,1-2H3. The maximum Gasteiger partial charge on any atom is 0.300 e. The third-order valence-corrected chi connectivity index (χ3v) is 3.30. The quantitative estimate of drug-likeness (QED) is 0.688. The van der Waals surface area contributed by atoms with Crippen LogP contribution >= 0.6 is 15.9 Å². The van der Waals surface area contributed by atoms with E-state index in [2.05, 4.69) is 20.9 Å². The summed E-state index contributed by atoms with van der Waals surface area (Å²) >= 11 is 3.10. The molecule has 16 heavy (non-hydrogen) atoms. The molecule has 0 aliphatic carbocycles. The molecule has 5 heteroatoms. The maximum atomic E-state index is 14.0. The van der Waals surface area contributed by atoms with Crippen molar-refractivity contribution in [3.05, 3.63) is 35.1 Å². The van der Waals surface area contributed by atoms with Gasteiger partial charge in [-0.3, -0.25) is 4.99 Å². The van der Waals surface area contributed by atoms with Crippen LogP contribution in [0.2, 0.25) is 0 Å². The molecule has 0 N–H and O–H groups in total. The van der Waals surface area contributed by atoms with Gasteiger partial charge in [0.05, 0.1) is 5.56 Å². The third-order valence-electron chi connectivity index (χ3n) is 2.70. The monoisotopic (exact) mass is 291 g/mol. The lowest BCUT2D eigenvalue weighted by molar-refractivity contribution is -0.0708. The first kappa shape index (κ1) is 11.6. The number of hydrogen-bond donors (Lipinski definition) is 0. The van der Waals surface area contributed by atoms with Crippen molar-refractivity contribution in [2.24, 2.45) is 4.99 Å². The van der Waals surface area contributed by atoms with Crippen LogP contribution in [0.4, 0.5) is 13.2 Å². The second-order valence-electron chi connectivity index (χ2n) is 4.20. The van der Waals surface area contributed by atoms with Crippen LogP contribution in [0.5, 0.6) is 0 Å². The average Bonchev–Trinajstić information content (AvgIpc) is 2.14. The lowest BCUT2D eigenvalue weighted by Gasteiger charge is -2.36. The van der Waals surface area contributed by atoms with Gasteiger partial charge < -0.3 is 0 Å². The highest BCUT2D eigenvalue weighted by Gasteiger charge is 2.53. The van der Waals surface area contributed by atoms with Crippen molar-refractivity contribution < 1.29 is 13.2 Å². The van der Waals surface area contributed by atoms with Gasteiger partial charge >= 0.3 is 5.92 Å². The molecule has 1 heterocycles. The Balaban J connectivity index is 2.81. The van der Waals surface area contributed by atoms with Crippen LogP contribution in [0, 0.1) is 5.82 Å². The molecule has 0 atom stereocenters. The van der Waals surface area contributed by atoms with Crippen LogP contribution in [0.25, 0.3) is 0 Å². The molecule has 1 nitrogen and oxygen atoms in total. The highest BCUT2D eigenvalue weighted by atomic mass is 79.9. The van der Waals surface area contributed by atoms with E-state index in [9.17, 15) is 13.2 Å². The van der Waals surface area contributed by atoms with Crippen LogP contribution in [-0.4, -0.2) is 10.2 Å². The molecule has 0 bridgehead atoms. The predicted molar refractivity (Wildman–Crippen MR) is 59.8 cm³/mol. The highest BCUT2D eigenvalue weighted by molar-refractivity contribution is 9.18. The number of fused-ring (bicyclic) bond motifs is 1. The summed E-state index contributed by atoms with van der Waals surface area (Å²) in [5.41, 5.74) is -2.12. The molecular formula is C11H9BrF3N. The van der Waals surface area contributed by atoms with Crippen molar-refractivity contribution in [1.29, 1.82) is 0 Å². The van der Waals surface area contributed by atoms with E-state index in [1.165, 1.54) is 26.0 Å². The molecular weight excluding hydrogens is 283 g/mol. The predicted octanol–water partition coefficient (Wildman–Crippen LogP) is 3.85. The molecule has 0 amide bonds. The van der Waals surface area contributed by atoms with E-state index in [1.807, 2.05) is 0 Å². The van der Waals surface area contributed by atoms with Crippen LogP contribution in [0.15, 0.2) is 23.2 Å². The zero-order chi connectivity index (χ0) is 12.1. The van der Waals surface area contributed by atoms with Crippen molar-refractivity contribution in [2.75, 3.05) is 0 Å². The minimum atomic E-state index is -3.31. The van der Waals surface area contributed by atoms with E-state index in [0.29, 0.717) is 0 Å². The van der Waals surface area contributed by atoms with E-state index in [0.717, 1.165) is 6.07 Å². The van der Waals surface area contributed by atoms with Gasteiger partial charge in [0.1, 0.15) is 16.0 Å². The van der Waals surface area contributed by atoms with Crippen LogP contribution < -0.4 is 0 Å². The number of benzene rings is 1. The second-order valence-corrected chi connectivity index (χ2v) is 4.95. The van der Waals surface area contributed by atoms with Crippen molar-refractivity contribution >= 4 is 20.6 Å². The Kier molecular flexibility index (Phi) is 2.42. The Morgan fingerprint density at radius 2 is 1.88 bits per heavy atom. The van der Waals surface area contributed by atoms with Crippen LogP contribution in [-0.2, 0) is 5.92 Å². The van der Waals surface area contributed by atoms with E-state index in [4.69, 9.17) is 0 Å². The fourth-order valence-electron chi connectivity index (χ4n) is 1.70. The topological polar surface area (TPSA) is 12.4 Å². The SMILES string of the molecule is CC1(C)N=C(Br)c2cccc(F)c2C1(F)F. The van der Waals surface area contributed by atoms with Crippen molar-refractivity contribution in [3.63, 3.8) is 0 Å². The Morgan fingerprint density at radius 3 is 2.50 bits per heavy atom. The number of hydrogen-bond acceptors (Lipinski definition) is 1. The second kappa shape index (κ2) is 3.32. The first-order valence-electron chi connectivity index (χ1n) is 4.70. The smallest absolute Gasteiger partial charge is 0.264 e. The summed E-state index contributed by atoms with van der Waals surface area (Å²) in [7, 11) is 0. The minimum absolute atomic E-state index is 0.115. The third kappa shape index (κ3) is 1.41. The molecule has 0 radical (unpaired) electrons. The first-order chi connectivity index (χ1) is 7.27. The molecule has 1 aromatic rings. The fourth-order valence-corrected chi connectivity index (χ4v) is 2.47. The molecule has 1 aliphatic heterocycles.